The Hall–Kier alpha value is -2.46. The second kappa shape index (κ2) is 5.25. The monoisotopic (exact) mass is 258 g/mol. The molecule has 18 heavy (non-hydrogen) atoms. The van der Waals surface area contributed by atoms with Crippen LogP contribution in [-0.4, -0.2) is 26.0 Å². The van der Waals surface area contributed by atoms with Crippen molar-refractivity contribution in [2.75, 3.05) is 0 Å². The van der Waals surface area contributed by atoms with E-state index < -0.39 is 5.97 Å². The Labute approximate surface area is 106 Å². The predicted octanol–water partition coefficient (Wildman–Crippen LogP) is 1.59. The lowest BCUT2D eigenvalue weighted by Gasteiger charge is -2.00. The normalized spacial score (nSPS) is 9.72. The number of aromatic nitrogens is 3. The van der Waals surface area contributed by atoms with Crippen LogP contribution in [0.4, 0.5) is 0 Å². The Kier molecular flexibility index (Phi) is 3.50. The van der Waals surface area contributed by atoms with E-state index in [1.165, 1.54) is 36.3 Å². The molecular weight excluding hydrogens is 252 g/mol. The number of pyridine rings is 1. The Morgan fingerprint density at radius 1 is 1.33 bits per heavy atom. The average Bonchev–Trinajstić information content (AvgIpc) is 2.39. The highest BCUT2D eigenvalue weighted by molar-refractivity contribution is 7.99. The fourth-order valence-corrected chi connectivity index (χ4v) is 1.92. The van der Waals surface area contributed by atoms with E-state index in [4.69, 9.17) is 10.4 Å². The summed E-state index contributed by atoms with van der Waals surface area (Å²) in [5.74, 6) is -1.09. The number of carboxylic acid groups (broad SMARTS) is 1. The maximum Gasteiger partial charge on any atom is 0.354 e. The van der Waals surface area contributed by atoms with Crippen LogP contribution in [-0.2, 0) is 0 Å². The predicted molar refractivity (Wildman–Crippen MR) is 62.1 cm³/mol. The van der Waals surface area contributed by atoms with E-state index in [0.717, 1.165) is 0 Å². The van der Waals surface area contributed by atoms with Crippen molar-refractivity contribution in [2.45, 2.75) is 10.1 Å². The van der Waals surface area contributed by atoms with Gasteiger partial charge in [-0.1, -0.05) is 0 Å². The minimum atomic E-state index is -1.09. The van der Waals surface area contributed by atoms with Gasteiger partial charge >= 0.3 is 5.97 Å². The Bertz CT molecular complexity index is 639. The number of hydrogen-bond acceptors (Lipinski definition) is 6. The fourth-order valence-electron chi connectivity index (χ4n) is 1.15. The summed E-state index contributed by atoms with van der Waals surface area (Å²) >= 11 is 1.17. The molecule has 7 heteroatoms. The first-order valence-electron chi connectivity index (χ1n) is 4.79. The second-order valence-corrected chi connectivity index (χ2v) is 4.16. The number of hydrogen-bond donors (Lipinski definition) is 1. The van der Waals surface area contributed by atoms with Crippen LogP contribution in [0.15, 0.2) is 40.6 Å². The zero-order chi connectivity index (χ0) is 13.0. The average molecular weight is 258 g/mol. The number of nitriles is 1. The van der Waals surface area contributed by atoms with Gasteiger partial charge in [-0.05, 0) is 30.0 Å². The summed E-state index contributed by atoms with van der Waals surface area (Å²) in [6, 6.07) is 6.49. The summed E-state index contributed by atoms with van der Waals surface area (Å²) in [5.41, 5.74) is 0.219. The molecule has 0 atom stereocenters. The van der Waals surface area contributed by atoms with Gasteiger partial charge in [-0.3, -0.25) is 0 Å². The lowest BCUT2D eigenvalue weighted by molar-refractivity contribution is 0.0690. The van der Waals surface area contributed by atoms with Crippen LogP contribution in [0.5, 0.6) is 0 Å². The number of aromatic carboxylic acids is 1. The third-order valence-corrected chi connectivity index (χ3v) is 2.78. The van der Waals surface area contributed by atoms with Gasteiger partial charge in [0, 0.05) is 17.3 Å². The van der Waals surface area contributed by atoms with Crippen molar-refractivity contribution in [1.82, 2.24) is 15.0 Å². The molecule has 0 saturated heterocycles. The zero-order valence-electron chi connectivity index (χ0n) is 8.94. The van der Waals surface area contributed by atoms with Crippen LogP contribution in [0.3, 0.4) is 0 Å². The highest BCUT2D eigenvalue weighted by Crippen LogP contribution is 2.24. The van der Waals surface area contributed by atoms with Crippen molar-refractivity contribution in [1.29, 1.82) is 5.26 Å². The van der Waals surface area contributed by atoms with E-state index in [1.54, 1.807) is 6.07 Å². The lowest BCUT2D eigenvalue weighted by atomic mass is 10.4. The van der Waals surface area contributed by atoms with Crippen molar-refractivity contribution in [3.8, 4) is 6.07 Å². The molecule has 2 aromatic rings. The lowest BCUT2D eigenvalue weighted by Crippen LogP contribution is -1.99. The van der Waals surface area contributed by atoms with E-state index >= 15 is 0 Å². The van der Waals surface area contributed by atoms with E-state index in [2.05, 4.69) is 15.0 Å². The molecule has 0 bridgehead atoms. The van der Waals surface area contributed by atoms with Gasteiger partial charge in [0.25, 0.3) is 0 Å². The van der Waals surface area contributed by atoms with Crippen LogP contribution < -0.4 is 0 Å². The van der Waals surface area contributed by atoms with Crippen LogP contribution in [0.2, 0.25) is 0 Å². The van der Waals surface area contributed by atoms with Crippen LogP contribution in [0.1, 0.15) is 16.2 Å². The van der Waals surface area contributed by atoms with Crippen LogP contribution in [0, 0.1) is 11.3 Å². The molecule has 0 saturated carbocycles. The third kappa shape index (κ3) is 2.81. The van der Waals surface area contributed by atoms with Crippen molar-refractivity contribution < 1.29 is 9.90 Å². The number of nitrogens with zero attached hydrogens (tertiary/aromatic N) is 4. The Morgan fingerprint density at radius 3 is 2.83 bits per heavy atom. The molecule has 0 unspecified atom stereocenters. The van der Waals surface area contributed by atoms with Crippen molar-refractivity contribution in [3.05, 3.63) is 42.0 Å². The maximum atomic E-state index is 10.8. The number of rotatable bonds is 3. The molecule has 0 aliphatic heterocycles. The molecule has 2 heterocycles. The van der Waals surface area contributed by atoms with Crippen molar-refractivity contribution in [3.63, 3.8) is 0 Å². The molecule has 2 aromatic heterocycles. The molecule has 1 N–H and O–H groups in total. The van der Waals surface area contributed by atoms with E-state index in [-0.39, 0.29) is 11.4 Å². The van der Waals surface area contributed by atoms with Crippen LogP contribution >= 0.6 is 11.8 Å². The Morgan fingerprint density at radius 2 is 2.11 bits per heavy atom. The standard InChI is InChI=1S/C11H6N4O2S/c12-6-7-1-3-14-11(15-7)18-8-2-4-13-9(5-8)10(16)17/h1-5H,(H,16,17). The molecule has 0 aliphatic carbocycles. The molecule has 0 aromatic carbocycles. The second-order valence-electron chi connectivity index (χ2n) is 3.12. The summed E-state index contributed by atoms with van der Waals surface area (Å²) in [6.07, 6.45) is 2.88. The smallest absolute Gasteiger partial charge is 0.354 e. The number of carboxylic acids is 1. The first-order valence-corrected chi connectivity index (χ1v) is 5.61. The molecular formula is C11H6N4O2S. The minimum Gasteiger partial charge on any atom is -0.477 e. The van der Waals surface area contributed by atoms with Gasteiger partial charge in [0.1, 0.15) is 17.5 Å². The van der Waals surface area contributed by atoms with Gasteiger partial charge in [-0.2, -0.15) is 5.26 Å². The largest absolute Gasteiger partial charge is 0.477 e. The molecule has 0 spiro atoms. The summed E-state index contributed by atoms with van der Waals surface area (Å²) in [7, 11) is 0. The van der Waals surface area contributed by atoms with Gasteiger partial charge in [0.15, 0.2) is 5.16 Å². The topological polar surface area (TPSA) is 99.8 Å². The highest BCUT2D eigenvalue weighted by atomic mass is 32.2. The molecule has 0 radical (unpaired) electrons. The zero-order valence-corrected chi connectivity index (χ0v) is 9.76. The molecule has 0 amide bonds. The summed E-state index contributed by atoms with van der Waals surface area (Å²) < 4.78 is 0. The molecule has 6 nitrogen and oxygen atoms in total. The minimum absolute atomic E-state index is 0.0450. The first kappa shape index (κ1) is 12.0. The molecule has 2 rings (SSSR count). The van der Waals surface area contributed by atoms with Gasteiger partial charge in [-0.15, -0.1) is 0 Å². The van der Waals surface area contributed by atoms with Gasteiger partial charge < -0.3 is 5.11 Å². The van der Waals surface area contributed by atoms with Gasteiger partial charge in [0.05, 0.1) is 0 Å². The van der Waals surface area contributed by atoms with Gasteiger partial charge in [-0.25, -0.2) is 19.7 Å². The Balaban J connectivity index is 2.26. The fraction of sp³-hybridized carbons (Fsp3) is 0. The summed E-state index contributed by atoms with van der Waals surface area (Å²) in [5, 5.41) is 17.9. The van der Waals surface area contributed by atoms with Crippen molar-refractivity contribution in [2.24, 2.45) is 0 Å². The molecule has 0 fully saturated rings. The van der Waals surface area contributed by atoms with Gasteiger partial charge in [0.2, 0.25) is 0 Å². The maximum absolute atomic E-state index is 10.8. The SMILES string of the molecule is N#Cc1ccnc(Sc2ccnc(C(=O)O)c2)n1. The third-order valence-electron chi connectivity index (χ3n) is 1.91. The van der Waals surface area contributed by atoms with E-state index in [0.29, 0.717) is 10.1 Å². The highest BCUT2D eigenvalue weighted by Gasteiger charge is 2.07. The quantitative estimate of drug-likeness (QED) is 0.834. The van der Waals surface area contributed by atoms with E-state index in [1.807, 2.05) is 6.07 Å². The first-order chi connectivity index (χ1) is 8.69. The summed E-state index contributed by atoms with van der Waals surface area (Å²) in [6.45, 7) is 0. The summed E-state index contributed by atoms with van der Waals surface area (Å²) in [4.78, 5) is 23.1. The molecule has 88 valence electrons. The number of carbonyl (C=O) groups is 1. The molecule has 0 aliphatic rings. The van der Waals surface area contributed by atoms with E-state index in [9.17, 15) is 4.79 Å². The van der Waals surface area contributed by atoms with Crippen LogP contribution in [0.25, 0.3) is 0 Å². The van der Waals surface area contributed by atoms with Crippen molar-refractivity contribution >= 4 is 17.7 Å².